The predicted octanol–water partition coefficient (Wildman–Crippen LogP) is 3.30. The van der Waals surface area contributed by atoms with E-state index in [1.807, 2.05) is 7.05 Å². The third-order valence-electron chi connectivity index (χ3n) is 4.74. The van der Waals surface area contributed by atoms with Gasteiger partial charge in [0.1, 0.15) is 0 Å². The van der Waals surface area contributed by atoms with Crippen molar-refractivity contribution in [2.75, 3.05) is 39.9 Å². The average Bonchev–Trinajstić information content (AvgIpc) is 3.16. The minimum atomic E-state index is 0. The molecule has 4 nitrogen and oxygen atoms in total. The molecule has 0 amide bonds. The van der Waals surface area contributed by atoms with E-state index in [1.165, 1.54) is 18.4 Å². The maximum Gasteiger partial charge on any atom is 0.193 e. The van der Waals surface area contributed by atoms with Gasteiger partial charge in [-0.3, -0.25) is 4.99 Å². The highest BCUT2D eigenvalue weighted by atomic mass is 127. The van der Waals surface area contributed by atoms with Crippen molar-refractivity contribution in [1.29, 1.82) is 0 Å². The zero-order valence-corrected chi connectivity index (χ0v) is 17.5. The highest BCUT2D eigenvalue weighted by Crippen LogP contribution is 2.38. The number of halogens is 2. The Morgan fingerprint density at radius 3 is 2.78 bits per heavy atom. The van der Waals surface area contributed by atoms with Gasteiger partial charge in [-0.05, 0) is 37.0 Å². The molecule has 2 heterocycles. The van der Waals surface area contributed by atoms with Crippen molar-refractivity contribution in [1.82, 2.24) is 10.2 Å². The van der Waals surface area contributed by atoms with Crippen LogP contribution in [0.4, 0.5) is 0 Å². The molecule has 2 fully saturated rings. The van der Waals surface area contributed by atoms with Crippen molar-refractivity contribution < 1.29 is 4.74 Å². The Morgan fingerprint density at radius 1 is 1.35 bits per heavy atom. The molecule has 1 aromatic carbocycles. The average molecular weight is 494 g/mol. The first kappa shape index (κ1) is 19.0. The summed E-state index contributed by atoms with van der Waals surface area (Å²) in [5, 5.41) is 3.50. The van der Waals surface area contributed by atoms with E-state index >= 15 is 0 Å². The maximum absolute atomic E-state index is 5.60. The first-order valence-electron chi connectivity index (χ1n) is 7.99. The number of rotatable bonds is 3. The second-order valence-corrected chi connectivity index (χ2v) is 7.24. The fourth-order valence-corrected chi connectivity index (χ4v) is 3.65. The summed E-state index contributed by atoms with van der Waals surface area (Å²) < 4.78 is 6.73. The van der Waals surface area contributed by atoms with E-state index in [4.69, 9.17) is 4.74 Å². The lowest BCUT2D eigenvalue weighted by molar-refractivity contribution is 0.156. The number of nitrogens with zero attached hydrogens (tertiary/aromatic N) is 2. The minimum Gasteiger partial charge on any atom is -0.381 e. The third kappa shape index (κ3) is 4.82. The fourth-order valence-electron chi connectivity index (χ4n) is 3.39. The third-order valence-corrected chi connectivity index (χ3v) is 5.27. The van der Waals surface area contributed by atoms with Crippen LogP contribution in [0.1, 0.15) is 18.4 Å². The van der Waals surface area contributed by atoms with Gasteiger partial charge < -0.3 is 15.0 Å². The van der Waals surface area contributed by atoms with Gasteiger partial charge in [0.25, 0.3) is 0 Å². The summed E-state index contributed by atoms with van der Waals surface area (Å²) in [6.45, 7) is 4.91. The Labute approximate surface area is 164 Å². The number of nitrogens with one attached hydrogen (secondary N) is 1. The van der Waals surface area contributed by atoms with Gasteiger partial charge in [0.15, 0.2) is 5.96 Å². The highest BCUT2D eigenvalue weighted by Gasteiger charge is 2.42. The number of likely N-dealkylation sites (tertiary alicyclic amines) is 1. The van der Waals surface area contributed by atoms with Gasteiger partial charge in [-0.1, -0.05) is 28.1 Å². The molecule has 1 N–H and O–H groups in total. The Bertz CT molecular complexity index is 529. The van der Waals surface area contributed by atoms with E-state index in [9.17, 15) is 0 Å². The summed E-state index contributed by atoms with van der Waals surface area (Å²) in [5.74, 6) is 1.03. The van der Waals surface area contributed by atoms with E-state index in [0.717, 1.165) is 49.7 Å². The van der Waals surface area contributed by atoms with Gasteiger partial charge in [-0.2, -0.15) is 0 Å². The quantitative estimate of drug-likeness (QED) is 0.399. The zero-order chi connectivity index (χ0) is 15.4. The first-order chi connectivity index (χ1) is 10.7. The van der Waals surface area contributed by atoms with Crippen LogP contribution < -0.4 is 5.32 Å². The van der Waals surface area contributed by atoms with Crippen molar-refractivity contribution in [3.8, 4) is 0 Å². The van der Waals surface area contributed by atoms with Crippen LogP contribution in [0.2, 0.25) is 0 Å². The van der Waals surface area contributed by atoms with Crippen molar-refractivity contribution in [2.24, 2.45) is 10.4 Å². The van der Waals surface area contributed by atoms with E-state index in [0.29, 0.717) is 5.41 Å². The molecule has 0 aromatic heterocycles. The highest BCUT2D eigenvalue weighted by molar-refractivity contribution is 14.0. The number of guanidine groups is 1. The summed E-state index contributed by atoms with van der Waals surface area (Å²) in [4.78, 5) is 6.84. The molecule has 3 rings (SSSR count). The van der Waals surface area contributed by atoms with Crippen molar-refractivity contribution >= 4 is 45.9 Å². The summed E-state index contributed by atoms with van der Waals surface area (Å²) in [5.41, 5.74) is 1.72. The number of aliphatic imine (C=N–C) groups is 1. The van der Waals surface area contributed by atoms with Crippen LogP contribution >= 0.6 is 39.9 Å². The monoisotopic (exact) mass is 493 g/mol. The maximum atomic E-state index is 5.60. The molecule has 128 valence electrons. The van der Waals surface area contributed by atoms with Crippen LogP contribution in [-0.4, -0.2) is 50.8 Å². The van der Waals surface area contributed by atoms with Crippen LogP contribution in [0.15, 0.2) is 33.7 Å². The largest absolute Gasteiger partial charge is 0.381 e. The summed E-state index contributed by atoms with van der Waals surface area (Å²) >= 11 is 3.47. The topological polar surface area (TPSA) is 36.9 Å². The Balaban J connectivity index is 0.00000192. The van der Waals surface area contributed by atoms with Gasteiger partial charge in [0.2, 0.25) is 0 Å². The van der Waals surface area contributed by atoms with E-state index in [-0.39, 0.29) is 24.0 Å². The first-order valence-corrected chi connectivity index (χ1v) is 8.78. The van der Waals surface area contributed by atoms with Crippen molar-refractivity contribution in [2.45, 2.75) is 19.3 Å². The molecule has 23 heavy (non-hydrogen) atoms. The number of benzene rings is 1. The van der Waals surface area contributed by atoms with Crippen LogP contribution in [0.25, 0.3) is 0 Å². The molecule has 1 atom stereocenters. The molecule has 1 unspecified atom stereocenters. The van der Waals surface area contributed by atoms with E-state index < -0.39 is 0 Å². The SMILES string of the molecule is CN=C(NCCc1ccc(Br)cc1)N1CCC2(CCOC2)C1.I. The van der Waals surface area contributed by atoms with Gasteiger partial charge in [-0.25, -0.2) is 0 Å². The summed E-state index contributed by atoms with van der Waals surface area (Å²) in [7, 11) is 1.87. The van der Waals surface area contributed by atoms with Crippen molar-refractivity contribution in [3.63, 3.8) is 0 Å². The Hall–Kier alpha value is -0.340. The Morgan fingerprint density at radius 2 is 2.13 bits per heavy atom. The molecule has 0 radical (unpaired) electrons. The molecule has 2 aliphatic heterocycles. The smallest absolute Gasteiger partial charge is 0.193 e. The lowest BCUT2D eigenvalue weighted by atomic mass is 9.87. The molecule has 6 heteroatoms. The van der Waals surface area contributed by atoms with Crippen LogP contribution in [-0.2, 0) is 11.2 Å². The van der Waals surface area contributed by atoms with E-state index in [1.54, 1.807) is 0 Å². The molecule has 1 spiro atoms. The second kappa shape index (κ2) is 8.67. The van der Waals surface area contributed by atoms with Gasteiger partial charge >= 0.3 is 0 Å². The number of hydrogen-bond donors (Lipinski definition) is 1. The molecule has 0 bridgehead atoms. The molecule has 1 aromatic rings. The van der Waals surface area contributed by atoms with Crippen LogP contribution in [0.3, 0.4) is 0 Å². The van der Waals surface area contributed by atoms with Gasteiger partial charge in [0, 0.05) is 43.2 Å². The van der Waals surface area contributed by atoms with Crippen molar-refractivity contribution in [3.05, 3.63) is 34.3 Å². The molecule has 2 aliphatic rings. The lowest BCUT2D eigenvalue weighted by Gasteiger charge is -2.25. The number of hydrogen-bond acceptors (Lipinski definition) is 2. The summed E-state index contributed by atoms with van der Waals surface area (Å²) in [6, 6.07) is 8.51. The standard InChI is InChI=1S/C17H24BrN3O.HI/c1-19-16(20-9-6-14-2-4-15(18)5-3-14)21-10-7-17(12-21)8-11-22-13-17;/h2-5H,6-13H2,1H3,(H,19,20);1H. The van der Waals surface area contributed by atoms with Gasteiger partial charge in [-0.15, -0.1) is 24.0 Å². The predicted molar refractivity (Wildman–Crippen MR) is 109 cm³/mol. The molecular weight excluding hydrogens is 469 g/mol. The normalized spacial score (nSPS) is 24.1. The molecule has 0 aliphatic carbocycles. The van der Waals surface area contributed by atoms with Crippen LogP contribution in [0.5, 0.6) is 0 Å². The molecule has 2 saturated heterocycles. The van der Waals surface area contributed by atoms with Gasteiger partial charge in [0.05, 0.1) is 6.61 Å². The zero-order valence-electron chi connectivity index (χ0n) is 13.6. The van der Waals surface area contributed by atoms with E-state index in [2.05, 4.69) is 55.4 Å². The minimum absolute atomic E-state index is 0. The Kier molecular flexibility index (Phi) is 7.16. The molecule has 0 saturated carbocycles. The van der Waals surface area contributed by atoms with Crippen LogP contribution in [0, 0.1) is 5.41 Å². The summed E-state index contributed by atoms with van der Waals surface area (Å²) in [6.07, 6.45) is 3.42. The fraction of sp³-hybridized carbons (Fsp3) is 0.588. The second-order valence-electron chi connectivity index (χ2n) is 6.32. The number of ether oxygens (including phenoxy) is 1. The molecular formula is C17H25BrIN3O. The lowest BCUT2D eigenvalue weighted by Crippen LogP contribution is -2.42.